The lowest BCUT2D eigenvalue weighted by Gasteiger charge is -2.34. The number of aryl methyl sites for hydroxylation is 2. The number of nitrogen functional groups attached to an aromatic ring is 1. The number of nitrogens with two attached hydrogens (primary N) is 1. The van der Waals surface area contributed by atoms with Crippen LogP contribution < -0.4 is 10.6 Å². The number of rotatable bonds is 3. The number of nitrogens with zero attached hydrogens (tertiary/aromatic N) is 4. The summed E-state index contributed by atoms with van der Waals surface area (Å²) in [5, 5.41) is 0. The standard InChI is InChI=1S/C16H24FN5/c1-4-5-22-13-10-12(21-8-6-20(3)7-9-21)14(17)11(2)15(13)19-16(22)18/h10H,4-9H2,1-3H3,(H2,18,19). The molecule has 0 bridgehead atoms. The maximum Gasteiger partial charge on any atom is 0.201 e. The van der Waals surface area contributed by atoms with Crippen molar-refractivity contribution in [3.05, 3.63) is 17.4 Å². The van der Waals surface area contributed by atoms with Gasteiger partial charge in [-0.25, -0.2) is 9.37 Å². The first-order valence-electron chi connectivity index (χ1n) is 7.91. The fourth-order valence-electron chi connectivity index (χ4n) is 3.13. The second-order valence-electron chi connectivity index (χ2n) is 6.11. The van der Waals surface area contributed by atoms with Crippen molar-refractivity contribution >= 4 is 22.7 Å². The van der Waals surface area contributed by atoms with Gasteiger partial charge in [0.25, 0.3) is 0 Å². The predicted molar refractivity (Wildman–Crippen MR) is 88.8 cm³/mol. The lowest BCUT2D eigenvalue weighted by atomic mass is 10.1. The van der Waals surface area contributed by atoms with Crippen molar-refractivity contribution in [2.24, 2.45) is 0 Å². The van der Waals surface area contributed by atoms with E-state index < -0.39 is 0 Å². The first-order valence-corrected chi connectivity index (χ1v) is 7.91. The normalized spacial score (nSPS) is 16.6. The van der Waals surface area contributed by atoms with E-state index in [0.717, 1.165) is 44.7 Å². The van der Waals surface area contributed by atoms with E-state index in [0.29, 0.717) is 22.7 Å². The lowest BCUT2D eigenvalue weighted by Crippen LogP contribution is -2.44. The molecule has 120 valence electrons. The third-order valence-electron chi connectivity index (χ3n) is 4.51. The fourth-order valence-corrected chi connectivity index (χ4v) is 3.13. The molecule has 2 heterocycles. The summed E-state index contributed by atoms with van der Waals surface area (Å²) < 4.78 is 16.8. The largest absolute Gasteiger partial charge is 0.369 e. The van der Waals surface area contributed by atoms with Gasteiger partial charge < -0.3 is 20.1 Å². The molecule has 0 aliphatic carbocycles. The monoisotopic (exact) mass is 305 g/mol. The SMILES string of the molecule is CCCn1c(N)nc2c(C)c(F)c(N3CCN(C)CC3)cc21. The highest BCUT2D eigenvalue weighted by Gasteiger charge is 2.22. The minimum atomic E-state index is -0.168. The second kappa shape index (κ2) is 5.76. The van der Waals surface area contributed by atoms with Crippen LogP contribution >= 0.6 is 0 Å². The molecule has 0 radical (unpaired) electrons. The van der Waals surface area contributed by atoms with Crippen molar-refractivity contribution in [3.8, 4) is 0 Å². The number of hydrogen-bond acceptors (Lipinski definition) is 4. The molecule has 0 saturated carbocycles. The summed E-state index contributed by atoms with van der Waals surface area (Å²) in [4.78, 5) is 8.75. The zero-order valence-corrected chi connectivity index (χ0v) is 13.6. The smallest absolute Gasteiger partial charge is 0.201 e. The minimum Gasteiger partial charge on any atom is -0.369 e. The summed E-state index contributed by atoms with van der Waals surface area (Å²) in [6.07, 6.45) is 0.968. The molecule has 1 fully saturated rings. The van der Waals surface area contributed by atoms with Crippen LogP contribution in [0, 0.1) is 12.7 Å². The third-order valence-corrected chi connectivity index (χ3v) is 4.51. The van der Waals surface area contributed by atoms with Crippen LogP contribution in [-0.2, 0) is 6.54 Å². The summed E-state index contributed by atoms with van der Waals surface area (Å²) in [7, 11) is 2.10. The molecule has 1 aliphatic rings. The van der Waals surface area contributed by atoms with Crippen LogP contribution in [0.15, 0.2) is 6.07 Å². The predicted octanol–water partition coefficient (Wildman–Crippen LogP) is 2.23. The van der Waals surface area contributed by atoms with Crippen molar-refractivity contribution in [2.75, 3.05) is 43.9 Å². The molecule has 1 aromatic carbocycles. The van der Waals surface area contributed by atoms with Crippen molar-refractivity contribution in [2.45, 2.75) is 26.8 Å². The number of likely N-dealkylation sites (N-methyl/N-ethyl adjacent to an activating group) is 1. The minimum absolute atomic E-state index is 0.168. The zero-order valence-electron chi connectivity index (χ0n) is 13.6. The van der Waals surface area contributed by atoms with Gasteiger partial charge in [0.2, 0.25) is 5.95 Å². The van der Waals surface area contributed by atoms with Crippen LogP contribution in [0.2, 0.25) is 0 Å². The molecule has 3 rings (SSSR count). The summed E-state index contributed by atoms with van der Waals surface area (Å²) in [6, 6.07) is 1.92. The molecule has 0 spiro atoms. The topological polar surface area (TPSA) is 50.3 Å². The highest BCUT2D eigenvalue weighted by atomic mass is 19.1. The van der Waals surface area contributed by atoms with Gasteiger partial charge >= 0.3 is 0 Å². The Morgan fingerprint density at radius 1 is 1.27 bits per heavy atom. The van der Waals surface area contributed by atoms with Gasteiger partial charge in [0.15, 0.2) is 5.82 Å². The van der Waals surface area contributed by atoms with E-state index in [4.69, 9.17) is 5.73 Å². The Labute approximate surface area is 130 Å². The lowest BCUT2D eigenvalue weighted by molar-refractivity contribution is 0.311. The molecule has 22 heavy (non-hydrogen) atoms. The van der Waals surface area contributed by atoms with Crippen molar-refractivity contribution < 1.29 is 4.39 Å². The van der Waals surface area contributed by atoms with Gasteiger partial charge in [0.1, 0.15) is 0 Å². The van der Waals surface area contributed by atoms with Crippen LogP contribution in [-0.4, -0.2) is 47.7 Å². The molecule has 1 saturated heterocycles. The molecule has 2 N–H and O–H groups in total. The molecule has 6 heteroatoms. The van der Waals surface area contributed by atoms with Crippen LogP contribution in [0.4, 0.5) is 16.0 Å². The van der Waals surface area contributed by atoms with Gasteiger partial charge in [0, 0.05) is 38.3 Å². The Kier molecular flexibility index (Phi) is 3.95. The van der Waals surface area contributed by atoms with E-state index in [-0.39, 0.29) is 5.82 Å². The molecule has 1 aliphatic heterocycles. The van der Waals surface area contributed by atoms with E-state index >= 15 is 0 Å². The number of hydrogen-bond donors (Lipinski definition) is 1. The first-order chi connectivity index (χ1) is 10.5. The highest BCUT2D eigenvalue weighted by Crippen LogP contribution is 2.31. The quantitative estimate of drug-likeness (QED) is 0.945. The summed E-state index contributed by atoms with van der Waals surface area (Å²) in [5.41, 5.74) is 8.90. The number of halogens is 1. The maximum atomic E-state index is 14.8. The molecule has 2 aromatic rings. The third kappa shape index (κ3) is 2.41. The molecule has 5 nitrogen and oxygen atoms in total. The van der Waals surface area contributed by atoms with Crippen molar-refractivity contribution in [3.63, 3.8) is 0 Å². The average Bonchev–Trinajstić information content (AvgIpc) is 2.81. The van der Waals surface area contributed by atoms with E-state index in [9.17, 15) is 4.39 Å². The van der Waals surface area contributed by atoms with E-state index in [1.807, 2.05) is 10.6 Å². The zero-order chi connectivity index (χ0) is 15.9. The van der Waals surface area contributed by atoms with Gasteiger partial charge in [-0.05, 0) is 26.5 Å². The summed E-state index contributed by atoms with van der Waals surface area (Å²) in [5.74, 6) is 0.299. The second-order valence-corrected chi connectivity index (χ2v) is 6.11. The number of benzene rings is 1. The van der Waals surface area contributed by atoms with Crippen molar-refractivity contribution in [1.29, 1.82) is 0 Å². The Morgan fingerprint density at radius 2 is 1.95 bits per heavy atom. The number of imidazole rings is 1. The Morgan fingerprint density at radius 3 is 2.59 bits per heavy atom. The summed E-state index contributed by atoms with van der Waals surface area (Å²) in [6.45, 7) is 8.28. The van der Waals surface area contributed by atoms with Gasteiger partial charge in [-0.2, -0.15) is 0 Å². The number of fused-ring (bicyclic) bond motifs is 1. The van der Waals surface area contributed by atoms with E-state index in [1.54, 1.807) is 6.92 Å². The highest BCUT2D eigenvalue weighted by molar-refractivity contribution is 5.86. The van der Waals surface area contributed by atoms with Gasteiger partial charge in [-0.1, -0.05) is 6.92 Å². The van der Waals surface area contributed by atoms with Crippen molar-refractivity contribution in [1.82, 2.24) is 14.5 Å². The maximum absolute atomic E-state index is 14.8. The Hall–Kier alpha value is -1.82. The van der Waals surface area contributed by atoms with Crippen LogP contribution in [0.1, 0.15) is 18.9 Å². The molecule has 0 amide bonds. The Bertz CT molecular complexity index is 686. The molecular formula is C16H24FN5. The average molecular weight is 305 g/mol. The first kappa shape index (κ1) is 15.1. The van der Waals surface area contributed by atoms with Crippen LogP contribution in [0.5, 0.6) is 0 Å². The van der Waals surface area contributed by atoms with Gasteiger partial charge in [-0.3, -0.25) is 0 Å². The molecule has 0 unspecified atom stereocenters. The molecule has 0 atom stereocenters. The number of aromatic nitrogens is 2. The van der Waals surface area contributed by atoms with Crippen LogP contribution in [0.25, 0.3) is 11.0 Å². The fraction of sp³-hybridized carbons (Fsp3) is 0.562. The van der Waals surface area contributed by atoms with Gasteiger partial charge in [-0.15, -0.1) is 0 Å². The van der Waals surface area contributed by atoms with Gasteiger partial charge in [0.05, 0.1) is 16.7 Å². The molecular weight excluding hydrogens is 281 g/mol. The number of piperazine rings is 1. The van der Waals surface area contributed by atoms with E-state index in [2.05, 4.69) is 28.8 Å². The Balaban J connectivity index is 2.10. The number of anilines is 2. The van der Waals surface area contributed by atoms with E-state index in [1.165, 1.54) is 0 Å². The summed E-state index contributed by atoms with van der Waals surface area (Å²) >= 11 is 0. The molecule has 1 aromatic heterocycles. The van der Waals surface area contributed by atoms with Crippen LogP contribution in [0.3, 0.4) is 0 Å².